The molecule has 0 radical (unpaired) electrons. The molecule has 0 saturated heterocycles. The minimum absolute atomic E-state index is 0.103. The normalized spacial score (nSPS) is 33.8. The average Bonchev–Trinajstić information content (AvgIpc) is 3.34. The quantitative estimate of drug-likeness (QED) is 0.253. The van der Waals surface area contributed by atoms with Crippen molar-refractivity contribution in [3.63, 3.8) is 0 Å². The maximum atomic E-state index is 13.0. The number of carbonyl (C=O) groups is 3. The lowest BCUT2D eigenvalue weighted by Crippen LogP contribution is -2.51. The molecule has 3 fully saturated rings. The highest BCUT2D eigenvalue weighted by molar-refractivity contribution is 5.89. The number of rotatable bonds is 6. The van der Waals surface area contributed by atoms with E-state index in [9.17, 15) is 14.4 Å². The Morgan fingerprint density at radius 3 is 2.14 bits per heavy atom. The number of carbonyl (C=O) groups excluding carboxylic acids is 3. The molecule has 2 aromatic rings. The van der Waals surface area contributed by atoms with Gasteiger partial charge in [0, 0.05) is 19.3 Å². The molecule has 0 N–H and O–H groups in total. The van der Waals surface area contributed by atoms with Crippen LogP contribution in [0.15, 0.2) is 72.0 Å². The van der Waals surface area contributed by atoms with Crippen molar-refractivity contribution in [1.29, 1.82) is 0 Å². The lowest BCUT2D eigenvalue weighted by Gasteiger charge is -2.57. The van der Waals surface area contributed by atoms with Gasteiger partial charge in [-0.2, -0.15) is 0 Å². The highest BCUT2D eigenvalue weighted by atomic mass is 16.5. The summed E-state index contributed by atoms with van der Waals surface area (Å²) in [5, 5.41) is 0. The van der Waals surface area contributed by atoms with E-state index in [1.807, 2.05) is 43.3 Å². The molecule has 0 bridgehead atoms. The fourth-order valence-corrected chi connectivity index (χ4v) is 9.51. The molecule has 6 nitrogen and oxygen atoms in total. The Labute approximate surface area is 255 Å². The Morgan fingerprint density at radius 1 is 0.837 bits per heavy atom. The second-order valence-corrected chi connectivity index (χ2v) is 13.8. The van der Waals surface area contributed by atoms with Crippen molar-refractivity contribution in [2.75, 3.05) is 0 Å². The molecule has 6 rings (SSSR count). The van der Waals surface area contributed by atoms with Crippen LogP contribution in [0, 0.1) is 34.5 Å². The van der Waals surface area contributed by atoms with E-state index in [2.05, 4.69) is 13.8 Å². The van der Waals surface area contributed by atoms with Gasteiger partial charge < -0.3 is 14.2 Å². The van der Waals surface area contributed by atoms with Crippen molar-refractivity contribution >= 4 is 17.9 Å². The van der Waals surface area contributed by atoms with Gasteiger partial charge in [-0.25, -0.2) is 9.59 Å². The molecular formula is C37H44O6. The van der Waals surface area contributed by atoms with Crippen molar-refractivity contribution < 1.29 is 28.6 Å². The predicted molar refractivity (Wildman–Crippen MR) is 163 cm³/mol. The summed E-state index contributed by atoms with van der Waals surface area (Å²) in [7, 11) is 0. The molecule has 0 unspecified atom stereocenters. The monoisotopic (exact) mass is 584 g/mol. The zero-order chi connectivity index (χ0) is 30.4. The average molecular weight is 585 g/mol. The van der Waals surface area contributed by atoms with Crippen LogP contribution in [-0.4, -0.2) is 30.1 Å². The van der Waals surface area contributed by atoms with E-state index >= 15 is 0 Å². The largest absolute Gasteiger partial charge is 0.459 e. The minimum atomic E-state index is -0.287. The molecule has 0 heterocycles. The molecule has 4 aliphatic carbocycles. The third-order valence-corrected chi connectivity index (χ3v) is 11.5. The van der Waals surface area contributed by atoms with Crippen LogP contribution in [0.2, 0.25) is 0 Å². The van der Waals surface area contributed by atoms with Crippen molar-refractivity contribution in [2.45, 2.75) is 91.3 Å². The SMILES string of the molecule is CC(=O)OC1=C2[C@H](CC[C@@H]3C[C@H](OC(=O)c4ccccc4)CC[C@]23C)[C@@H]2CC[C@H]([C@@H](C)OC(=O)c3ccccc3)[C@]2(C)C1. The van der Waals surface area contributed by atoms with E-state index in [1.54, 1.807) is 24.3 Å². The number of hydrogen-bond donors (Lipinski definition) is 0. The van der Waals surface area contributed by atoms with Crippen molar-refractivity contribution in [2.24, 2.45) is 34.5 Å². The summed E-state index contributed by atoms with van der Waals surface area (Å²) < 4.78 is 18.2. The van der Waals surface area contributed by atoms with Crippen LogP contribution in [0.25, 0.3) is 0 Å². The lowest BCUT2D eigenvalue weighted by atomic mass is 9.48. The molecule has 43 heavy (non-hydrogen) atoms. The number of hydrogen-bond acceptors (Lipinski definition) is 6. The van der Waals surface area contributed by atoms with Crippen LogP contribution < -0.4 is 0 Å². The first-order valence-electron chi connectivity index (χ1n) is 16.0. The Bertz CT molecular complexity index is 1400. The molecule has 228 valence electrons. The van der Waals surface area contributed by atoms with E-state index < -0.39 is 0 Å². The molecule has 6 heteroatoms. The highest BCUT2D eigenvalue weighted by Gasteiger charge is 2.61. The lowest BCUT2D eigenvalue weighted by molar-refractivity contribution is -0.139. The summed E-state index contributed by atoms with van der Waals surface area (Å²) in [5.74, 6) is 1.33. The summed E-state index contributed by atoms with van der Waals surface area (Å²) in [6.07, 6.45) is 7.01. The maximum absolute atomic E-state index is 13.0. The maximum Gasteiger partial charge on any atom is 0.338 e. The van der Waals surface area contributed by atoms with Gasteiger partial charge in [-0.05, 0) is 110 Å². The molecule has 3 saturated carbocycles. The molecule has 0 aliphatic heterocycles. The zero-order valence-electron chi connectivity index (χ0n) is 25.8. The first-order chi connectivity index (χ1) is 20.6. The molecule has 0 aromatic heterocycles. The van der Waals surface area contributed by atoms with Crippen LogP contribution in [0.3, 0.4) is 0 Å². The number of esters is 3. The molecule has 0 spiro atoms. The number of benzene rings is 2. The van der Waals surface area contributed by atoms with E-state index in [0.29, 0.717) is 35.3 Å². The van der Waals surface area contributed by atoms with Gasteiger partial charge in [-0.1, -0.05) is 50.2 Å². The fourth-order valence-electron chi connectivity index (χ4n) is 9.51. The Morgan fingerprint density at radius 2 is 1.49 bits per heavy atom. The van der Waals surface area contributed by atoms with E-state index in [4.69, 9.17) is 14.2 Å². The van der Waals surface area contributed by atoms with Gasteiger partial charge in [0.25, 0.3) is 0 Å². The van der Waals surface area contributed by atoms with Crippen LogP contribution in [0.1, 0.15) is 99.8 Å². The third-order valence-electron chi connectivity index (χ3n) is 11.5. The summed E-state index contributed by atoms with van der Waals surface area (Å²) in [6.45, 7) is 8.21. The molecule has 4 aliphatic rings. The van der Waals surface area contributed by atoms with E-state index in [0.717, 1.165) is 50.7 Å². The molecular weight excluding hydrogens is 540 g/mol. The zero-order valence-corrected chi connectivity index (χ0v) is 25.8. The van der Waals surface area contributed by atoms with Gasteiger partial charge in [-0.3, -0.25) is 4.79 Å². The van der Waals surface area contributed by atoms with Crippen LogP contribution in [0.5, 0.6) is 0 Å². The summed E-state index contributed by atoms with van der Waals surface area (Å²) in [4.78, 5) is 38.3. The van der Waals surface area contributed by atoms with Gasteiger partial charge in [0.05, 0.1) is 11.1 Å². The predicted octanol–water partition coefficient (Wildman–Crippen LogP) is 7.93. The minimum Gasteiger partial charge on any atom is -0.459 e. The van der Waals surface area contributed by atoms with Crippen molar-refractivity contribution in [3.8, 4) is 0 Å². The topological polar surface area (TPSA) is 78.9 Å². The summed E-state index contributed by atoms with van der Waals surface area (Å²) in [6, 6.07) is 18.4. The standard InChI is InChI=1S/C37H44O6/c1-23(41-34(39)25-11-7-5-8-12-25)30-17-18-31-29-16-15-27-21-28(43-35(40)26-13-9-6-10-14-26)19-20-36(27,3)33(29)32(42-24(2)38)22-37(30,31)4/h5-14,23,27-31H,15-22H2,1-4H3/t23-,27-,28-,29-,30-,31+,36+,37+/m1/s1. The summed E-state index contributed by atoms with van der Waals surface area (Å²) >= 11 is 0. The first kappa shape index (κ1) is 29.7. The van der Waals surface area contributed by atoms with Crippen LogP contribution >= 0.6 is 0 Å². The van der Waals surface area contributed by atoms with Crippen molar-refractivity contribution in [3.05, 3.63) is 83.1 Å². The van der Waals surface area contributed by atoms with Gasteiger partial charge in [0.2, 0.25) is 0 Å². The van der Waals surface area contributed by atoms with Gasteiger partial charge in [0.1, 0.15) is 18.0 Å². The Kier molecular flexibility index (Phi) is 7.99. The second-order valence-electron chi connectivity index (χ2n) is 13.8. The Hall–Kier alpha value is -3.41. The van der Waals surface area contributed by atoms with Gasteiger partial charge >= 0.3 is 17.9 Å². The molecule has 0 amide bonds. The fraction of sp³-hybridized carbons (Fsp3) is 0.541. The van der Waals surface area contributed by atoms with Crippen molar-refractivity contribution in [1.82, 2.24) is 0 Å². The first-order valence-corrected chi connectivity index (χ1v) is 16.0. The van der Waals surface area contributed by atoms with Crippen LogP contribution in [0.4, 0.5) is 0 Å². The molecule has 8 atom stereocenters. The third kappa shape index (κ3) is 5.42. The van der Waals surface area contributed by atoms with Gasteiger partial charge in [-0.15, -0.1) is 0 Å². The second kappa shape index (κ2) is 11.6. The van der Waals surface area contributed by atoms with E-state index in [-0.39, 0.29) is 46.9 Å². The van der Waals surface area contributed by atoms with E-state index in [1.165, 1.54) is 12.5 Å². The van der Waals surface area contributed by atoms with Crippen LogP contribution in [-0.2, 0) is 19.0 Å². The Balaban J connectivity index is 1.24. The number of fused-ring (bicyclic) bond motifs is 5. The van der Waals surface area contributed by atoms with Gasteiger partial charge in [0.15, 0.2) is 0 Å². The number of allylic oxidation sites excluding steroid dienone is 2. The smallest absolute Gasteiger partial charge is 0.338 e. The highest BCUT2D eigenvalue weighted by Crippen LogP contribution is 2.67. The molecule has 2 aromatic carbocycles. The number of ether oxygens (including phenoxy) is 3. The summed E-state index contributed by atoms with van der Waals surface area (Å²) in [5.41, 5.74) is 2.25.